The number of alkyl halides is 3. The lowest BCUT2D eigenvalue weighted by Gasteiger charge is -2.41. The van der Waals surface area contributed by atoms with Gasteiger partial charge in [-0.1, -0.05) is 12.1 Å². The summed E-state index contributed by atoms with van der Waals surface area (Å²) >= 11 is 0. The Morgan fingerprint density at radius 2 is 1.79 bits per heavy atom. The van der Waals surface area contributed by atoms with Crippen LogP contribution >= 0.6 is 0 Å². The molecule has 12 heteroatoms. The fourth-order valence-electron chi connectivity index (χ4n) is 5.02. The van der Waals surface area contributed by atoms with Crippen molar-refractivity contribution in [1.29, 1.82) is 0 Å². The van der Waals surface area contributed by atoms with Gasteiger partial charge in [0, 0.05) is 37.4 Å². The van der Waals surface area contributed by atoms with Crippen LogP contribution < -0.4 is 0 Å². The van der Waals surface area contributed by atoms with Gasteiger partial charge in [0.25, 0.3) is 5.95 Å². The van der Waals surface area contributed by atoms with Gasteiger partial charge in [-0.25, -0.2) is 4.39 Å². The smallest absolute Gasteiger partial charge is 0.343 e. The average Bonchev–Trinajstić information content (AvgIpc) is 3.45. The van der Waals surface area contributed by atoms with E-state index < -0.39 is 17.7 Å². The summed E-state index contributed by atoms with van der Waals surface area (Å²) in [5.74, 6) is -0.690. The Bertz CT molecular complexity index is 1190. The quantitative estimate of drug-likeness (QED) is 0.532. The number of benzene rings is 1. The van der Waals surface area contributed by atoms with E-state index in [1.165, 1.54) is 12.1 Å². The Morgan fingerprint density at radius 1 is 1.09 bits per heavy atom. The predicted molar refractivity (Wildman–Crippen MR) is 113 cm³/mol. The molecule has 1 aromatic carbocycles. The lowest BCUT2D eigenvalue weighted by Crippen LogP contribution is -2.48. The molecule has 2 aliphatic rings. The van der Waals surface area contributed by atoms with Crippen LogP contribution in [0.3, 0.4) is 0 Å². The van der Waals surface area contributed by atoms with Crippen LogP contribution in [-0.4, -0.2) is 67.8 Å². The molecule has 8 nitrogen and oxygen atoms in total. The topological polar surface area (TPSA) is 80.3 Å². The second-order valence-electron chi connectivity index (χ2n) is 8.87. The molecule has 34 heavy (non-hydrogen) atoms. The first kappa shape index (κ1) is 22.8. The molecule has 2 aromatic heterocycles. The molecule has 0 aliphatic carbocycles. The van der Waals surface area contributed by atoms with E-state index in [9.17, 15) is 22.4 Å². The van der Waals surface area contributed by atoms with Crippen LogP contribution in [0, 0.1) is 5.82 Å². The lowest BCUT2D eigenvalue weighted by molar-refractivity contribution is -0.140. The van der Waals surface area contributed by atoms with Gasteiger partial charge >= 0.3 is 6.18 Å². The van der Waals surface area contributed by atoms with Crippen LogP contribution in [0.4, 0.5) is 17.6 Å². The molecule has 3 aromatic rings. The molecule has 2 fully saturated rings. The highest BCUT2D eigenvalue weighted by Crippen LogP contribution is 2.36. The second kappa shape index (κ2) is 8.64. The summed E-state index contributed by atoms with van der Waals surface area (Å²) in [6.45, 7) is 4.77. The number of hydrogen-bond acceptors (Lipinski definition) is 6. The number of nitrogens with zero attached hydrogens (tertiary/aromatic N) is 6. The van der Waals surface area contributed by atoms with Gasteiger partial charge in [0.2, 0.25) is 11.8 Å². The van der Waals surface area contributed by atoms with E-state index in [0.717, 1.165) is 62.6 Å². The third-order valence-corrected chi connectivity index (χ3v) is 6.85. The molecule has 5 rings (SSSR count). The van der Waals surface area contributed by atoms with Gasteiger partial charge < -0.3 is 14.3 Å². The molecule has 0 atom stereocenters. The van der Waals surface area contributed by atoms with Crippen LogP contribution in [0.5, 0.6) is 0 Å². The van der Waals surface area contributed by atoms with E-state index in [4.69, 9.17) is 4.52 Å². The fraction of sp³-hybridized carbons (Fsp3) is 0.545. The molecular weight excluding hydrogens is 456 g/mol. The SMILES string of the molecule is CC(=O)N1CCC(N2CCC(c3nc(-n4nc(C(F)(F)F)c5cccc(F)c54)no3)CC2)CC1. The van der Waals surface area contributed by atoms with E-state index >= 15 is 0 Å². The van der Waals surface area contributed by atoms with Gasteiger partial charge in [0.15, 0.2) is 5.69 Å². The molecule has 0 bridgehead atoms. The zero-order valence-electron chi connectivity index (χ0n) is 18.6. The molecule has 4 heterocycles. The van der Waals surface area contributed by atoms with Gasteiger partial charge in [0.1, 0.15) is 11.3 Å². The first-order valence-electron chi connectivity index (χ1n) is 11.3. The number of likely N-dealkylation sites (tertiary alicyclic amines) is 2. The summed E-state index contributed by atoms with van der Waals surface area (Å²) in [6.07, 6.45) is -1.35. The Hall–Kier alpha value is -3.02. The molecule has 0 N–H and O–H groups in total. The van der Waals surface area contributed by atoms with Gasteiger partial charge in [-0.05, 0) is 50.0 Å². The third kappa shape index (κ3) is 4.15. The van der Waals surface area contributed by atoms with Crippen molar-refractivity contribution in [3.63, 3.8) is 0 Å². The van der Waals surface area contributed by atoms with Crippen LogP contribution in [0.25, 0.3) is 16.9 Å². The number of piperidine rings is 2. The number of fused-ring (bicyclic) bond motifs is 1. The Labute approximate surface area is 192 Å². The fourth-order valence-corrected chi connectivity index (χ4v) is 5.02. The van der Waals surface area contributed by atoms with E-state index in [0.29, 0.717) is 11.9 Å². The molecule has 1 amide bonds. The second-order valence-corrected chi connectivity index (χ2v) is 8.87. The number of para-hydroxylation sites is 1. The summed E-state index contributed by atoms with van der Waals surface area (Å²) in [5.41, 5.74) is -1.54. The summed E-state index contributed by atoms with van der Waals surface area (Å²) in [5, 5.41) is 7.03. The Kier molecular flexibility index (Phi) is 5.78. The molecule has 2 saturated heterocycles. The van der Waals surface area contributed by atoms with Crippen molar-refractivity contribution in [2.24, 2.45) is 0 Å². The number of rotatable bonds is 3. The van der Waals surface area contributed by atoms with Crippen LogP contribution in [0.1, 0.15) is 50.1 Å². The zero-order valence-corrected chi connectivity index (χ0v) is 18.6. The molecule has 0 unspecified atom stereocenters. The monoisotopic (exact) mass is 480 g/mol. The van der Waals surface area contributed by atoms with Crippen molar-refractivity contribution >= 4 is 16.8 Å². The molecular formula is C22H24F4N6O2. The largest absolute Gasteiger partial charge is 0.435 e. The predicted octanol–water partition coefficient (Wildman–Crippen LogP) is 3.76. The molecule has 2 aliphatic heterocycles. The number of carbonyl (C=O) groups is 1. The van der Waals surface area contributed by atoms with Crippen LogP contribution in [-0.2, 0) is 11.0 Å². The van der Waals surface area contributed by atoms with Crippen molar-refractivity contribution < 1.29 is 26.9 Å². The standard InChI is InChI=1S/C22H24F4N6O2/c1-13(33)30-11-7-15(8-12-30)31-9-5-14(6-10-31)20-27-21(29-34-20)32-18-16(3-2-4-17(18)23)19(28-32)22(24,25)26/h2-4,14-15H,5-12H2,1H3. The van der Waals surface area contributed by atoms with E-state index in [1.54, 1.807) is 6.92 Å². The number of aromatic nitrogens is 4. The van der Waals surface area contributed by atoms with Gasteiger partial charge in [-0.2, -0.15) is 27.9 Å². The third-order valence-electron chi connectivity index (χ3n) is 6.85. The van der Waals surface area contributed by atoms with Gasteiger partial charge in [0.05, 0.1) is 0 Å². The van der Waals surface area contributed by atoms with E-state index in [2.05, 4.69) is 20.1 Å². The zero-order chi connectivity index (χ0) is 24.0. The van der Waals surface area contributed by atoms with Crippen LogP contribution in [0.15, 0.2) is 22.7 Å². The number of carbonyl (C=O) groups excluding carboxylic acids is 1. The number of amides is 1. The van der Waals surface area contributed by atoms with Crippen molar-refractivity contribution in [3.05, 3.63) is 35.6 Å². The molecule has 182 valence electrons. The summed E-state index contributed by atoms with van der Waals surface area (Å²) in [6, 6.07) is 3.87. The van der Waals surface area contributed by atoms with Crippen molar-refractivity contribution in [3.8, 4) is 5.95 Å². The maximum atomic E-state index is 14.4. The van der Waals surface area contributed by atoms with Crippen molar-refractivity contribution in [1.82, 2.24) is 29.7 Å². The minimum Gasteiger partial charge on any atom is -0.343 e. The maximum Gasteiger partial charge on any atom is 0.435 e. The van der Waals surface area contributed by atoms with E-state index in [1.807, 2.05) is 4.90 Å². The van der Waals surface area contributed by atoms with E-state index in [-0.39, 0.29) is 28.7 Å². The minimum atomic E-state index is -4.75. The molecule has 0 spiro atoms. The lowest BCUT2D eigenvalue weighted by atomic mass is 9.93. The summed E-state index contributed by atoms with van der Waals surface area (Å²) < 4.78 is 60.9. The molecule has 0 saturated carbocycles. The average molecular weight is 480 g/mol. The highest BCUT2D eigenvalue weighted by Gasteiger charge is 2.38. The van der Waals surface area contributed by atoms with Crippen LogP contribution in [0.2, 0.25) is 0 Å². The number of hydrogen-bond donors (Lipinski definition) is 0. The Balaban J connectivity index is 1.30. The van der Waals surface area contributed by atoms with Gasteiger partial charge in [-0.15, -0.1) is 0 Å². The first-order chi connectivity index (χ1) is 16.2. The highest BCUT2D eigenvalue weighted by atomic mass is 19.4. The normalized spacial score (nSPS) is 19.3. The first-order valence-corrected chi connectivity index (χ1v) is 11.3. The van der Waals surface area contributed by atoms with Crippen molar-refractivity contribution in [2.75, 3.05) is 26.2 Å². The maximum absolute atomic E-state index is 14.4. The summed E-state index contributed by atoms with van der Waals surface area (Å²) in [7, 11) is 0. The minimum absolute atomic E-state index is 0.0384. The van der Waals surface area contributed by atoms with Crippen molar-refractivity contribution in [2.45, 2.75) is 50.7 Å². The molecule has 0 radical (unpaired) electrons. The summed E-state index contributed by atoms with van der Waals surface area (Å²) in [4.78, 5) is 20.1. The Morgan fingerprint density at radius 3 is 2.44 bits per heavy atom. The number of halogens is 4. The highest BCUT2D eigenvalue weighted by molar-refractivity contribution is 5.84. The van der Waals surface area contributed by atoms with Gasteiger partial charge in [-0.3, -0.25) is 4.79 Å².